The fourth-order valence-electron chi connectivity index (χ4n) is 4.52. The first kappa shape index (κ1) is 20.4. The van der Waals surface area contributed by atoms with Crippen LogP contribution in [0.5, 0.6) is 0 Å². The number of anilines is 4. The van der Waals surface area contributed by atoms with Gasteiger partial charge in [-0.05, 0) is 36.1 Å². The number of ketones is 1. The highest BCUT2D eigenvalue weighted by atomic mass is 16.1. The maximum absolute atomic E-state index is 13.1. The number of benzene rings is 1. The second-order valence-corrected chi connectivity index (χ2v) is 9.29. The quantitative estimate of drug-likeness (QED) is 0.671. The van der Waals surface area contributed by atoms with E-state index < -0.39 is 0 Å². The van der Waals surface area contributed by atoms with E-state index in [1.807, 2.05) is 54.7 Å². The SMILES string of the molecule is CC1(C)CC(=O)c2c(nc(N3CCN(c4ccccn4)CC3)nc2Nc2ccccc2)C1. The Hall–Kier alpha value is -3.48. The number of hydrogen-bond donors (Lipinski definition) is 1. The van der Waals surface area contributed by atoms with Gasteiger partial charge in [-0.1, -0.05) is 38.1 Å². The van der Waals surface area contributed by atoms with Crippen LogP contribution in [0, 0.1) is 5.41 Å². The molecule has 0 atom stereocenters. The third-order valence-electron chi connectivity index (χ3n) is 6.11. The van der Waals surface area contributed by atoms with Crippen LogP contribution in [-0.4, -0.2) is 46.9 Å². The molecule has 0 spiro atoms. The molecule has 3 heterocycles. The average Bonchev–Trinajstić information content (AvgIpc) is 2.79. The zero-order chi connectivity index (χ0) is 22.1. The zero-order valence-corrected chi connectivity index (χ0v) is 18.6. The van der Waals surface area contributed by atoms with Gasteiger partial charge in [-0.25, -0.2) is 9.97 Å². The number of piperazine rings is 1. The molecule has 1 N–H and O–H groups in total. The maximum atomic E-state index is 13.1. The molecule has 164 valence electrons. The number of nitrogens with zero attached hydrogens (tertiary/aromatic N) is 5. The molecule has 32 heavy (non-hydrogen) atoms. The van der Waals surface area contributed by atoms with E-state index in [0.717, 1.165) is 49.8 Å². The topological polar surface area (TPSA) is 74.2 Å². The van der Waals surface area contributed by atoms with Crippen molar-refractivity contribution in [1.82, 2.24) is 15.0 Å². The molecule has 0 saturated carbocycles. The fraction of sp³-hybridized carbons (Fsp3) is 0.360. The first-order valence-electron chi connectivity index (χ1n) is 11.2. The van der Waals surface area contributed by atoms with Crippen LogP contribution in [0.3, 0.4) is 0 Å². The lowest BCUT2D eigenvalue weighted by Gasteiger charge is -2.36. The number of pyridine rings is 1. The molecule has 3 aromatic rings. The van der Waals surface area contributed by atoms with E-state index in [1.54, 1.807) is 0 Å². The first-order chi connectivity index (χ1) is 15.5. The molecule has 7 heteroatoms. The molecule has 1 aromatic carbocycles. The largest absolute Gasteiger partial charge is 0.353 e. The molecule has 1 aliphatic carbocycles. The van der Waals surface area contributed by atoms with Gasteiger partial charge in [-0.2, -0.15) is 4.98 Å². The Morgan fingerprint density at radius 2 is 1.59 bits per heavy atom. The Balaban J connectivity index is 1.45. The number of rotatable bonds is 4. The van der Waals surface area contributed by atoms with Gasteiger partial charge in [-0.15, -0.1) is 0 Å². The summed E-state index contributed by atoms with van der Waals surface area (Å²) >= 11 is 0. The summed E-state index contributed by atoms with van der Waals surface area (Å²) in [7, 11) is 0. The molecular formula is C25H28N6O. The molecule has 0 bridgehead atoms. The van der Waals surface area contributed by atoms with Crippen LogP contribution in [0.4, 0.5) is 23.3 Å². The number of aromatic nitrogens is 3. The van der Waals surface area contributed by atoms with Crippen LogP contribution in [0.15, 0.2) is 54.7 Å². The highest BCUT2D eigenvalue weighted by Gasteiger charge is 2.35. The van der Waals surface area contributed by atoms with Crippen molar-refractivity contribution in [3.05, 3.63) is 66.0 Å². The van der Waals surface area contributed by atoms with Crippen LogP contribution in [0.2, 0.25) is 0 Å². The molecule has 1 aliphatic heterocycles. The summed E-state index contributed by atoms with van der Waals surface area (Å²) in [5.74, 6) is 2.41. The summed E-state index contributed by atoms with van der Waals surface area (Å²) in [5, 5.41) is 3.38. The Morgan fingerprint density at radius 1 is 0.875 bits per heavy atom. The van der Waals surface area contributed by atoms with Crippen molar-refractivity contribution in [3.8, 4) is 0 Å². The second kappa shape index (κ2) is 8.22. The maximum Gasteiger partial charge on any atom is 0.227 e. The summed E-state index contributed by atoms with van der Waals surface area (Å²) < 4.78 is 0. The lowest BCUT2D eigenvalue weighted by Crippen LogP contribution is -2.47. The molecule has 0 radical (unpaired) electrons. The first-order valence-corrected chi connectivity index (χ1v) is 11.2. The van der Waals surface area contributed by atoms with Crippen molar-refractivity contribution >= 4 is 29.1 Å². The van der Waals surface area contributed by atoms with Crippen molar-refractivity contribution in [2.45, 2.75) is 26.7 Å². The van der Waals surface area contributed by atoms with Crippen molar-refractivity contribution in [2.75, 3.05) is 41.3 Å². The summed E-state index contributed by atoms with van der Waals surface area (Å²) in [4.78, 5) is 31.8. The van der Waals surface area contributed by atoms with E-state index in [2.05, 4.69) is 33.9 Å². The van der Waals surface area contributed by atoms with E-state index >= 15 is 0 Å². The minimum Gasteiger partial charge on any atom is -0.353 e. The molecule has 5 rings (SSSR count). The van der Waals surface area contributed by atoms with Crippen molar-refractivity contribution in [2.24, 2.45) is 5.41 Å². The lowest BCUT2D eigenvalue weighted by molar-refractivity contribution is 0.0911. The van der Waals surface area contributed by atoms with Gasteiger partial charge in [0.2, 0.25) is 5.95 Å². The number of para-hydroxylation sites is 1. The van der Waals surface area contributed by atoms with Gasteiger partial charge in [0.05, 0.1) is 11.3 Å². The number of hydrogen-bond acceptors (Lipinski definition) is 7. The van der Waals surface area contributed by atoms with Crippen LogP contribution < -0.4 is 15.1 Å². The van der Waals surface area contributed by atoms with E-state index in [0.29, 0.717) is 23.8 Å². The van der Waals surface area contributed by atoms with Gasteiger partial charge >= 0.3 is 0 Å². The van der Waals surface area contributed by atoms with Gasteiger partial charge in [0, 0.05) is 44.5 Å². The monoisotopic (exact) mass is 428 g/mol. The molecular weight excluding hydrogens is 400 g/mol. The summed E-state index contributed by atoms with van der Waals surface area (Å²) in [6.45, 7) is 7.57. The lowest BCUT2D eigenvalue weighted by atomic mass is 9.75. The Kier molecular flexibility index (Phi) is 5.25. The van der Waals surface area contributed by atoms with Crippen LogP contribution in [0.1, 0.15) is 36.3 Å². The van der Waals surface area contributed by atoms with Gasteiger partial charge < -0.3 is 15.1 Å². The third-order valence-corrected chi connectivity index (χ3v) is 6.11. The summed E-state index contributed by atoms with van der Waals surface area (Å²) in [6, 6.07) is 15.9. The Morgan fingerprint density at radius 3 is 2.31 bits per heavy atom. The molecule has 2 aliphatic rings. The minimum absolute atomic E-state index is 0.0998. The molecule has 7 nitrogen and oxygen atoms in total. The number of fused-ring (bicyclic) bond motifs is 1. The average molecular weight is 429 g/mol. The Bertz CT molecular complexity index is 1110. The normalized spacial score (nSPS) is 17.8. The van der Waals surface area contributed by atoms with E-state index in [-0.39, 0.29) is 11.2 Å². The standard InChI is InChI=1S/C25H28N6O/c1-25(2)16-19-22(20(32)17-25)23(27-18-8-4-3-5-9-18)29-24(28-19)31-14-12-30(13-15-31)21-10-6-7-11-26-21/h3-11H,12-17H2,1-2H3,(H,27,28,29). The van der Waals surface area contributed by atoms with Gasteiger partial charge in [0.15, 0.2) is 5.78 Å². The molecule has 1 saturated heterocycles. The summed E-state index contributed by atoms with van der Waals surface area (Å²) in [6.07, 6.45) is 3.10. The number of carbonyl (C=O) groups excluding carboxylic acids is 1. The van der Waals surface area contributed by atoms with Gasteiger partial charge in [0.1, 0.15) is 11.6 Å². The van der Waals surface area contributed by atoms with E-state index in [1.165, 1.54) is 0 Å². The number of Topliss-reactive ketones (excluding diaryl/α,β-unsaturated/α-hetero) is 1. The molecule has 0 amide bonds. The van der Waals surface area contributed by atoms with E-state index in [9.17, 15) is 4.79 Å². The van der Waals surface area contributed by atoms with Crippen LogP contribution >= 0.6 is 0 Å². The van der Waals surface area contributed by atoms with Crippen molar-refractivity contribution in [1.29, 1.82) is 0 Å². The predicted molar refractivity (Wildman–Crippen MR) is 127 cm³/mol. The molecule has 1 fully saturated rings. The van der Waals surface area contributed by atoms with Crippen molar-refractivity contribution in [3.63, 3.8) is 0 Å². The molecule has 0 unspecified atom stereocenters. The third kappa shape index (κ3) is 4.15. The van der Waals surface area contributed by atoms with Gasteiger partial charge in [-0.3, -0.25) is 4.79 Å². The smallest absolute Gasteiger partial charge is 0.227 e. The summed E-state index contributed by atoms with van der Waals surface area (Å²) in [5.41, 5.74) is 2.31. The highest BCUT2D eigenvalue weighted by molar-refractivity contribution is 6.03. The van der Waals surface area contributed by atoms with Crippen LogP contribution in [0.25, 0.3) is 0 Å². The number of nitrogens with one attached hydrogen (secondary N) is 1. The van der Waals surface area contributed by atoms with Crippen LogP contribution in [-0.2, 0) is 6.42 Å². The predicted octanol–water partition coefficient (Wildman–Crippen LogP) is 4.10. The molecule has 2 aromatic heterocycles. The number of carbonyl (C=O) groups is 1. The highest BCUT2D eigenvalue weighted by Crippen LogP contribution is 2.38. The van der Waals surface area contributed by atoms with Gasteiger partial charge in [0.25, 0.3) is 0 Å². The fourth-order valence-corrected chi connectivity index (χ4v) is 4.52. The second-order valence-electron chi connectivity index (χ2n) is 9.29. The van der Waals surface area contributed by atoms with Crippen molar-refractivity contribution < 1.29 is 4.79 Å². The van der Waals surface area contributed by atoms with E-state index in [4.69, 9.17) is 9.97 Å². The minimum atomic E-state index is -0.0998. The zero-order valence-electron chi connectivity index (χ0n) is 18.6. The Labute approximate surface area is 188 Å².